The van der Waals surface area contributed by atoms with Gasteiger partial charge in [-0.25, -0.2) is 4.98 Å². The van der Waals surface area contributed by atoms with Crippen molar-refractivity contribution in [1.29, 1.82) is 0 Å². The number of hydrogen-bond donors (Lipinski definition) is 1. The highest BCUT2D eigenvalue weighted by Crippen LogP contribution is 2.27. The van der Waals surface area contributed by atoms with Crippen LogP contribution in [0.5, 0.6) is 0 Å². The Hall–Kier alpha value is -1.88. The fourth-order valence-corrected chi connectivity index (χ4v) is 4.36. The minimum Gasteiger partial charge on any atom is -0.356 e. The highest BCUT2D eigenvalue weighted by Gasteiger charge is 2.20. The van der Waals surface area contributed by atoms with Gasteiger partial charge in [0.25, 0.3) is 0 Å². The molecule has 0 aliphatic carbocycles. The van der Waals surface area contributed by atoms with E-state index in [1.807, 2.05) is 0 Å². The van der Waals surface area contributed by atoms with E-state index in [4.69, 9.17) is 9.97 Å². The van der Waals surface area contributed by atoms with E-state index in [0.717, 1.165) is 43.3 Å². The van der Waals surface area contributed by atoms with Crippen molar-refractivity contribution in [3.8, 4) is 0 Å². The smallest absolute Gasteiger partial charge is 0.225 e. The summed E-state index contributed by atoms with van der Waals surface area (Å²) in [6, 6.07) is 9.13. The lowest BCUT2D eigenvalue weighted by atomic mass is 10.1. The van der Waals surface area contributed by atoms with Gasteiger partial charge in [-0.05, 0) is 57.8 Å². The molecule has 2 aliphatic heterocycles. The number of rotatable bonds is 5. The number of anilines is 2. The number of para-hydroxylation sites is 1. The Labute approximate surface area is 156 Å². The first kappa shape index (κ1) is 17.5. The van der Waals surface area contributed by atoms with Crippen LogP contribution in [0.2, 0.25) is 0 Å². The second-order valence-corrected chi connectivity index (χ2v) is 7.78. The molecule has 3 heterocycles. The third kappa shape index (κ3) is 3.93. The van der Waals surface area contributed by atoms with Crippen LogP contribution in [0.4, 0.5) is 11.8 Å². The van der Waals surface area contributed by atoms with Crippen LogP contribution in [0.1, 0.15) is 44.9 Å². The van der Waals surface area contributed by atoms with Crippen molar-refractivity contribution in [2.75, 3.05) is 43.4 Å². The van der Waals surface area contributed by atoms with E-state index >= 15 is 0 Å². The van der Waals surface area contributed by atoms with E-state index in [-0.39, 0.29) is 0 Å². The quantitative estimate of drug-likeness (QED) is 0.883. The second kappa shape index (κ2) is 8.21. The molecule has 1 unspecified atom stereocenters. The van der Waals surface area contributed by atoms with Crippen LogP contribution in [0, 0.1) is 0 Å². The van der Waals surface area contributed by atoms with Crippen molar-refractivity contribution in [3.05, 3.63) is 24.3 Å². The van der Waals surface area contributed by atoms with E-state index in [9.17, 15) is 0 Å². The van der Waals surface area contributed by atoms with Gasteiger partial charge in [0.05, 0.1) is 5.52 Å². The molecule has 5 heteroatoms. The van der Waals surface area contributed by atoms with Gasteiger partial charge in [0.1, 0.15) is 5.82 Å². The Kier molecular flexibility index (Phi) is 5.54. The first-order chi connectivity index (χ1) is 12.8. The zero-order valence-electron chi connectivity index (χ0n) is 16.0. The van der Waals surface area contributed by atoms with Crippen molar-refractivity contribution in [2.45, 2.75) is 51.0 Å². The fraction of sp³-hybridized carbons (Fsp3) is 0.619. The summed E-state index contributed by atoms with van der Waals surface area (Å²) in [5.41, 5.74) is 1.04. The predicted molar refractivity (Wildman–Crippen MR) is 109 cm³/mol. The van der Waals surface area contributed by atoms with E-state index in [1.54, 1.807) is 0 Å². The summed E-state index contributed by atoms with van der Waals surface area (Å²) < 4.78 is 0. The van der Waals surface area contributed by atoms with Crippen LogP contribution in [0.15, 0.2) is 24.3 Å². The van der Waals surface area contributed by atoms with Gasteiger partial charge >= 0.3 is 0 Å². The Morgan fingerprint density at radius 1 is 1.00 bits per heavy atom. The Morgan fingerprint density at radius 3 is 2.58 bits per heavy atom. The lowest BCUT2D eigenvalue weighted by molar-refractivity contribution is 0.301. The van der Waals surface area contributed by atoms with Crippen LogP contribution in [-0.2, 0) is 0 Å². The van der Waals surface area contributed by atoms with E-state index in [1.165, 1.54) is 50.5 Å². The number of aromatic nitrogens is 2. The monoisotopic (exact) mass is 353 g/mol. The lowest BCUT2D eigenvalue weighted by Crippen LogP contribution is -2.27. The molecule has 0 bridgehead atoms. The summed E-state index contributed by atoms with van der Waals surface area (Å²) in [5.74, 6) is 1.89. The summed E-state index contributed by atoms with van der Waals surface area (Å²) in [6.07, 6.45) is 8.98. The van der Waals surface area contributed by atoms with Crippen LogP contribution < -0.4 is 10.2 Å². The minimum atomic E-state index is 0.702. The van der Waals surface area contributed by atoms with E-state index in [0.29, 0.717) is 6.04 Å². The zero-order chi connectivity index (χ0) is 17.8. The van der Waals surface area contributed by atoms with Crippen molar-refractivity contribution in [3.63, 3.8) is 0 Å². The van der Waals surface area contributed by atoms with Gasteiger partial charge in [-0.2, -0.15) is 4.98 Å². The molecular formula is C21H31N5. The standard InChI is InChI=1S/C21H31N5/c1-25-14-8-9-17(25)12-13-22-21-23-19-11-5-4-10-18(19)20(24-21)26-15-6-2-3-7-16-26/h4-5,10-11,17H,2-3,6-9,12-16H2,1H3,(H,22,23,24). The van der Waals surface area contributed by atoms with E-state index < -0.39 is 0 Å². The molecule has 1 N–H and O–H groups in total. The molecule has 2 aromatic rings. The van der Waals surface area contributed by atoms with Crippen LogP contribution >= 0.6 is 0 Å². The molecule has 0 spiro atoms. The largest absolute Gasteiger partial charge is 0.356 e. The number of likely N-dealkylation sites (tertiary alicyclic amines) is 1. The van der Waals surface area contributed by atoms with Crippen LogP contribution in [0.25, 0.3) is 10.9 Å². The summed E-state index contributed by atoms with van der Waals surface area (Å²) in [5, 5.41) is 4.68. The summed E-state index contributed by atoms with van der Waals surface area (Å²) in [7, 11) is 2.24. The average Bonchev–Trinajstić information content (AvgIpc) is 2.91. The molecule has 0 amide bonds. The summed E-state index contributed by atoms with van der Waals surface area (Å²) >= 11 is 0. The Morgan fingerprint density at radius 2 is 1.81 bits per heavy atom. The molecule has 4 rings (SSSR count). The van der Waals surface area contributed by atoms with Crippen LogP contribution in [0.3, 0.4) is 0 Å². The highest BCUT2D eigenvalue weighted by molar-refractivity contribution is 5.90. The predicted octanol–water partition coefficient (Wildman–Crippen LogP) is 3.91. The van der Waals surface area contributed by atoms with Gasteiger partial charge in [-0.1, -0.05) is 25.0 Å². The average molecular weight is 354 g/mol. The molecule has 2 fully saturated rings. The second-order valence-electron chi connectivity index (χ2n) is 7.78. The first-order valence-electron chi connectivity index (χ1n) is 10.3. The number of nitrogens with one attached hydrogen (secondary N) is 1. The number of nitrogens with zero attached hydrogens (tertiary/aromatic N) is 4. The molecule has 1 aromatic carbocycles. The van der Waals surface area contributed by atoms with Gasteiger partial charge in [0.2, 0.25) is 5.95 Å². The van der Waals surface area contributed by atoms with Crippen molar-refractivity contribution < 1.29 is 0 Å². The minimum absolute atomic E-state index is 0.702. The van der Waals surface area contributed by atoms with Gasteiger partial charge < -0.3 is 15.1 Å². The molecule has 2 saturated heterocycles. The van der Waals surface area contributed by atoms with Crippen molar-refractivity contribution in [1.82, 2.24) is 14.9 Å². The van der Waals surface area contributed by atoms with Gasteiger partial charge in [-0.15, -0.1) is 0 Å². The number of fused-ring (bicyclic) bond motifs is 1. The first-order valence-corrected chi connectivity index (χ1v) is 10.3. The topological polar surface area (TPSA) is 44.3 Å². The summed E-state index contributed by atoms with van der Waals surface area (Å²) in [6.45, 7) is 4.38. The molecule has 2 aliphatic rings. The molecule has 5 nitrogen and oxygen atoms in total. The van der Waals surface area contributed by atoms with Gasteiger partial charge in [0.15, 0.2) is 0 Å². The fourth-order valence-electron chi connectivity index (χ4n) is 4.36. The molecule has 0 saturated carbocycles. The van der Waals surface area contributed by atoms with Gasteiger partial charge in [0, 0.05) is 31.1 Å². The van der Waals surface area contributed by atoms with Crippen molar-refractivity contribution in [2.24, 2.45) is 0 Å². The number of benzene rings is 1. The van der Waals surface area contributed by atoms with Gasteiger partial charge in [-0.3, -0.25) is 0 Å². The maximum absolute atomic E-state index is 4.94. The third-order valence-corrected chi connectivity index (χ3v) is 5.92. The molecule has 140 valence electrons. The van der Waals surface area contributed by atoms with E-state index in [2.05, 4.69) is 46.4 Å². The van der Waals surface area contributed by atoms with Crippen molar-refractivity contribution >= 4 is 22.7 Å². The Bertz CT molecular complexity index is 723. The molecule has 26 heavy (non-hydrogen) atoms. The molecule has 0 radical (unpaired) electrons. The van der Waals surface area contributed by atoms with Crippen LogP contribution in [-0.4, -0.2) is 54.1 Å². The number of hydrogen-bond acceptors (Lipinski definition) is 5. The Balaban J connectivity index is 1.53. The third-order valence-electron chi connectivity index (χ3n) is 5.92. The highest BCUT2D eigenvalue weighted by atomic mass is 15.2. The summed E-state index contributed by atoms with van der Waals surface area (Å²) in [4.78, 5) is 14.7. The SMILES string of the molecule is CN1CCCC1CCNc1nc(N2CCCCCC2)c2ccccc2n1. The maximum Gasteiger partial charge on any atom is 0.225 e. The zero-order valence-corrected chi connectivity index (χ0v) is 16.0. The molecule has 1 aromatic heterocycles. The maximum atomic E-state index is 4.94. The normalized spacial score (nSPS) is 21.9. The molecular weight excluding hydrogens is 322 g/mol. The molecule has 1 atom stereocenters. The lowest BCUT2D eigenvalue weighted by Gasteiger charge is -2.24.